The summed E-state index contributed by atoms with van der Waals surface area (Å²) in [5, 5.41) is 3.95. The number of aryl methyl sites for hydroxylation is 1. The second-order valence-corrected chi connectivity index (χ2v) is 5.85. The molecule has 0 radical (unpaired) electrons. The Labute approximate surface area is 146 Å². The minimum atomic E-state index is -0.431. The summed E-state index contributed by atoms with van der Waals surface area (Å²) in [6.45, 7) is 1.91. The summed E-state index contributed by atoms with van der Waals surface area (Å²) in [4.78, 5) is 18.4. The van der Waals surface area contributed by atoms with Crippen LogP contribution in [0, 0.1) is 6.92 Å². The van der Waals surface area contributed by atoms with Gasteiger partial charge in [0.05, 0.1) is 5.56 Å². The highest BCUT2D eigenvalue weighted by molar-refractivity contribution is 5.90. The summed E-state index contributed by atoms with van der Waals surface area (Å²) < 4.78 is 10.5. The molecule has 3 aromatic rings. The SMILES string of the molecule is Cc1ccccc1-c1noc(COC(=O)c2cccc(N(C)C)c2)n1. The van der Waals surface area contributed by atoms with E-state index in [0.717, 1.165) is 16.8 Å². The average Bonchev–Trinajstić information content (AvgIpc) is 3.09. The molecule has 0 amide bonds. The lowest BCUT2D eigenvalue weighted by Crippen LogP contribution is -2.11. The first kappa shape index (κ1) is 16.7. The third-order valence-corrected chi connectivity index (χ3v) is 3.78. The minimum absolute atomic E-state index is 0.0656. The van der Waals surface area contributed by atoms with E-state index in [1.807, 2.05) is 62.3 Å². The maximum absolute atomic E-state index is 12.2. The molecular formula is C19H19N3O3. The van der Waals surface area contributed by atoms with Crippen LogP contribution >= 0.6 is 0 Å². The number of anilines is 1. The maximum atomic E-state index is 12.2. The van der Waals surface area contributed by atoms with Crippen molar-refractivity contribution in [1.82, 2.24) is 10.1 Å². The molecule has 25 heavy (non-hydrogen) atoms. The van der Waals surface area contributed by atoms with Crippen molar-refractivity contribution in [2.24, 2.45) is 0 Å². The summed E-state index contributed by atoms with van der Waals surface area (Å²) in [5.74, 6) is 0.313. The number of aromatic nitrogens is 2. The highest BCUT2D eigenvalue weighted by Crippen LogP contribution is 2.20. The van der Waals surface area contributed by atoms with Crippen molar-refractivity contribution in [3.05, 3.63) is 65.5 Å². The number of hydrogen-bond acceptors (Lipinski definition) is 6. The predicted octanol–water partition coefficient (Wildman–Crippen LogP) is 3.47. The van der Waals surface area contributed by atoms with Gasteiger partial charge in [-0.05, 0) is 30.7 Å². The Bertz CT molecular complexity index is 887. The van der Waals surface area contributed by atoms with Gasteiger partial charge in [-0.3, -0.25) is 0 Å². The van der Waals surface area contributed by atoms with Crippen molar-refractivity contribution in [2.45, 2.75) is 13.5 Å². The first-order valence-electron chi connectivity index (χ1n) is 7.87. The van der Waals surface area contributed by atoms with E-state index in [-0.39, 0.29) is 12.5 Å². The Morgan fingerprint density at radius 1 is 1.16 bits per heavy atom. The van der Waals surface area contributed by atoms with Crippen LogP contribution in [-0.4, -0.2) is 30.2 Å². The molecule has 6 heteroatoms. The molecule has 0 fully saturated rings. The van der Waals surface area contributed by atoms with Crippen molar-refractivity contribution < 1.29 is 14.1 Å². The molecule has 0 bridgehead atoms. The largest absolute Gasteiger partial charge is 0.452 e. The number of ether oxygens (including phenoxy) is 1. The van der Waals surface area contributed by atoms with Crippen LogP contribution in [0.2, 0.25) is 0 Å². The molecule has 0 saturated carbocycles. The number of nitrogens with zero attached hydrogens (tertiary/aromatic N) is 3. The van der Waals surface area contributed by atoms with Crippen molar-refractivity contribution in [1.29, 1.82) is 0 Å². The number of rotatable bonds is 5. The molecule has 0 spiro atoms. The number of esters is 1. The molecule has 0 N–H and O–H groups in total. The van der Waals surface area contributed by atoms with E-state index in [2.05, 4.69) is 10.1 Å². The normalized spacial score (nSPS) is 10.5. The van der Waals surface area contributed by atoms with E-state index in [9.17, 15) is 4.79 Å². The van der Waals surface area contributed by atoms with E-state index in [0.29, 0.717) is 11.4 Å². The predicted molar refractivity (Wildman–Crippen MR) is 94.4 cm³/mol. The molecule has 0 atom stereocenters. The Morgan fingerprint density at radius 3 is 2.72 bits per heavy atom. The standard InChI is InChI=1S/C19H19N3O3/c1-13-7-4-5-10-16(13)18-20-17(25-21-18)12-24-19(23)14-8-6-9-15(11-14)22(2)3/h4-11H,12H2,1-3H3. The number of carbonyl (C=O) groups is 1. The van der Waals surface area contributed by atoms with Gasteiger partial charge in [0.1, 0.15) is 0 Å². The smallest absolute Gasteiger partial charge is 0.338 e. The quantitative estimate of drug-likeness (QED) is 0.664. The second-order valence-electron chi connectivity index (χ2n) is 5.85. The molecular weight excluding hydrogens is 318 g/mol. The summed E-state index contributed by atoms with van der Waals surface area (Å²) in [6, 6.07) is 15.0. The molecule has 6 nitrogen and oxygen atoms in total. The summed E-state index contributed by atoms with van der Waals surface area (Å²) in [7, 11) is 3.83. The van der Waals surface area contributed by atoms with Gasteiger partial charge in [-0.1, -0.05) is 35.5 Å². The van der Waals surface area contributed by atoms with E-state index in [4.69, 9.17) is 9.26 Å². The molecule has 0 aliphatic heterocycles. The number of benzene rings is 2. The molecule has 0 saturated heterocycles. The van der Waals surface area contributed by atoms with Crippen LogP contribution in [0.4, 0.5) is 5.69 Å². The molecule has 128 valence electrons. The third kappa shape index (κ3) is 3.85. The third-order valence-electron chi connectivity index (χ3n) is 3.78. The molecule has 0 unspecified atom stereocenters. The molecule has 0 aliphatic carbocycles. The van der Waals surface area contributed by atoms with Crippen molar-refractivity contribution in [2.75, 3.05) is 19.0 Å². The van der Waals surface area contributed by atoms with Crippen LogP contribution in [0.15, 0.2) is 53.1 Å². The molecule has 0 aliphatic rings. The van der Waals surface area contributed by atoms with Gasteiger partial charge in [0, 0.05) is 25.3 Å². The number of hydrogen-bond donors (Lipinski definition) is 0. The van der Waals surface area contributed by atoms with Crippen LogP contribution in [0.5, 0.6) is 0 Å². The molecule has 3 rings (SSSR count). The van der Waals surface area contributed by atoms with Crippen LogP contribution in [0.25, 0.3) is 11.4 Å². The first-order valence-corrected chi connectivity index (χ1v) is 7.87. The summed E-state index contributed by atoms with van der Waals surface area (Å²) in [5.41, 5.74) is 3.34. The zero-order chi connectivity index (χ0) is 17.8. The van der Waals surface area contributed by atoms with E-state index in [1.165, 1.54) is 0 Å². The van der Waals surface area contributed by atoms with Gasteiger partial charge in [-0.2, -0.15) is 4.98 Å². The zero-order valence-electron chi connectivity index (χ0n) is 14.4. The lowest BCUT2D eigenvalue weighted by atomic mass is 10.1. The van der Waals surface area contributed by atoms with Gasteiger partial charge in [0.25, 0.3) is 5.89 Å². The fraction of sp³-hybridized carbons (Fsp3) is 0.211. The van der Waals surface area contributed by atoms with Crippen molar-refractivity contribution in [3.8, 4) is 11.4 Å². The Balaban J connectivity index is 1.67. The fourth-order valence-corrected chi connectivity index (χ4v) is 2.37. The Morgan fingerprint density at radius 2 is 1.96 bits per heavy atom. The van der Waals surface area contributed by atoms with Crippen LogP contribution in [0.1, 0.15) is 21.8 Å². The lowest BCUT2D eigenvalue weighted by molar-refractivity contribution is 0.0430. The van der Waals surface area contributed by atoms with Crippen molar-refractivity contribution in [3.63, 3.8) is 0 Å². The van der Waals surface area contributed by atoms with Gasteiger partial charge in [-0.25, -0.2) is 4.79 Å². The van der Waals surface area contributed by atoms with E-state index >= 15 is 0 Å². The van der Waals surface area contributed by atoms with E-state index < -0.39 is 5.97 Å². The lowest BCUT2D eigenvalue weighted by Gasteiger charge is -2.12. The average molecular weight is 337 g/mol. The maximum Gasteiger partial charge on any atom is 0.338 e. The Kier molecular flexibility index (Phi) is 4.79. The van der Waals surface area contributed by atoms with Crippen LogP contribution in [-0.2, 0) is 11.3 Å². The summed E-state index contributed by atoms with van der Waals surface area (Å²) in [6.07, 6.45) is 0. The van der Waals surface area contributed by atoms with Crippen LogP contribution < -0.4 is 4.90 Å². The van der Waals surface area contributed by atoms with Crippen molar-refractivity contribution >= 4 is 11.7 Å². The number of carbonyl (C=O) groups excluding carboxylic acids is 1. The van der Waals surface area contributed by atoms with Gasteiger partial charge >= 0.3 is 5.97 Å². The molecule has 2 aromatic carbocycles. The fourth-order valence-electron chi connectivity index (χ4n) is 2.37. The van der Waals surface area contributed by atoms with Crippen LogP contribution in [0.3, 0.4) is 0 Å². The van der Waals surface area contributed by atoms with E-state index in [1.54, 1.807) is 12.1 Å². The summed E-state index contributed by atoms with van der Waals surface area (Å²) >= 11 is 0. The topological polar surface area (TPSA) is 68.5 Å². The molecule has 1 heterocycles. The Hall–Kier alpha value is -3.15. The highest BCUT2D eigenvalue weighted by Gasteiger charge is 2.14. The van der Waals surface area contributed by atoms with Gasteiger partial charge in [0.2, 0.25) is 5.82 Å². The monoisotopic (exact) mass is 337 g/mol. The highest BCUT2D eigenvalue weighted by atomic mass is 16.6. The zero-order valence-corrected chi connectivity index (χ0v) is 14.4. The minimum Gasteiger partial charge on any atom is -0.452 e. The second kappa shape index (κ2) is 7.17. The van der Waals surface area contributed by atoms with Gasteiger partial charge in [-0.15, -0.1) is 0 Å². The first-order chi connectivity index (χ1) is 12.0. The molecule has 1 aromatic heterocycles. The van der Waals surface area contributed by atoms with Gasteiger partial charge < -0.3 is 14.2 Å². The van der Waals surface area contributed by atoms with Gasteiger partial charge in [0.15, 0.2) is 6.61 Å².